The van der Waals surface area contributed by atoms with Gasteiger partial charge in [-0.15, -0.1) is 0 Å². The Bertz CT molecular complexity index is 1150. The molecule has 8 nitrogen and oxygen atoms in total. The molecule has 5 rings (SSSR count). The Morgan fingerprint density at radius 3 is 2.64 bits per heavy atom. The van der Waals surface area contributed by atoms with Gasteiger partial charge in [0.1, 0.15) is 18.4 Å². The average Bonchev–Trinajstić information content (AvgIpc) is 3.10. The second kappa shape index (κ2) is 9.33. The number of carbonyl (C=O) groups is 3. The second-order valence-electron chi connectivity index (χ2n) is 8.44. The molecule has 0 aliphatic carbocycles. The van der Waals surface area contributed by atoms with E-state index in [-0.39, 0.29) is 48.3 Å². The van der Waals surface area contributed by atoms with E-state index >= 15 is 0 Å². The third-order valence-corrected chi connectivity index (χ3v) is 6.19. The minimum absolute atomic E-state index is 0.0721. The van der Waals surface area contributed by atoms with Crippen LogP contribution in [0, 0.1) is 0 Å². The van der Waals surface area contributed by atoms with Crippen LogP contribution in [-0.4, -0.2) is 59.9 Å². The van der Waals surface area contributed by atoms with Crippen molar-refractivity contribution in [1.82, 2.24) is 15.1 Å². The van der Waals surface area contributed by atoms with E-state index in [1.165, 1.54) is 22.6 Å². The standard InChI is InChI=1S/C25H27N3O5/c29-23-9-8-21(24(30)26-23)28-15-20-19(25(28)31)2-1-3-22(20)33-16-18-6-4-17(5-7-18)14-27-10-12-32-13-11-27/h1-7,21H,8-16H2,(H,26,29,30)/i3D,15D. The zero-order chi connectivity index (χ0) is 24.5. The molecule has 0 saturated carbocycles. The highest BCUT2D eigenvalue weighted by Gasteiger charge is 2.40. The molecule has 172 valence electrons. The van der Waals surface area contributed by atoms with Crippen LogP contribution in [0.2, 0.25) is 0 Å². The number of piperidine rings is 1. The number of nitrogens with one attached hydrogen (secondary N) is 1. The molecule has 2 aromatic carbocycles. The Hall–Kier alpha value is -3.23. The summed E-state index contributed by atoms with van der Waals surface area (Å²) in [6, 6.07) is 10.2. The number of hydrogen-bond donors (Lipinski definition) is 1. The van der Waals surface area contributed by atoms with E-state index in [1.807, 2.05) is 24.3 Å². The van der Waals surface area contributed by atoms with Gasteiger partial charge in [-0.2, -0.15) is 0 Å². The number of hydrogen-bond acceptors (Lipinski definition) is 6. The van der Waals surface area contributed by atoms with Crippen molar-refractivity contribution in [3.05, 3.63) is 64.7 Å². The molecule has 3 amide bonds. The Morgan fingerprint density at radius 2 is 1.88 bits per heavy atom. The molecule has 2 fully saturated rings. The van der Waals surface area contributed by atoms with Crippen LogP contribution >= 0.6 is 0 Å². The summed E-state index contributed by atoms with van der Waals surface area (Å²) in [6.07, 6.45) is 0.276. The molecule has 3 aliphatic rings. The summed E-state index contributed by atoms with van der Waals surface area (Å²) < 4.78 is 28.4. The number of rotatable bonds is 6. The van der Waals surface area contributed by atoms with Gasteiger partial charge in [-0.25, -0.2) is 0 Å². The van der Waals surface area contributed by atoms with Crippen LogP contribution in [0.15, 0.2) is 42.4 Å². The van der Waals surface area contributed by atoms with Crippen LogP contribution in [0.4, 0.5) is 0 Å². The summed E-state index contributed by atoms with van der Waals surface area (Å²) in [4.78, 5) is 40.5. The van der Waals surface area contributed by atoms with Crippen LogP contribution in [0.5, 0.6) is 5.75 Å². The number of imide groups is 1. The van der Waals surface area contributed by atoms with Gasteiger partial charge < -0.3 is 14.4 Å². The first-order chi connectivity index (χ1) is 16.9. The van der Waals surface area contributed by atoms with E-state index in [4.69, 9.17) is 12.2 Å². The molecule has 2 aromatic rings. The second-order valence-corrected chi connectivity index (χ2v) is 8.44. The fourth-order valence-corrected chi connectivity index (χ4v) is 4.35. The fourth-order valence-electron chi connectivity index (χ4n) is 4.35. The number of ether oxygens (including phenoxy) is 2. The molecule has 1 N–H and O–H groups in total. The Balaban J connectivity index is 1.30. The first-order valence-electron chi connectivity index (χ1n) is 12.2. The molecular weight excluding hydrogens is 422 g/mol. The molecule has 0 bridgehead atoms. The number of carbonyl (C=O) groups excluding carboxylic acids is 3. The van der Waals surface area contributed by atoms with Gasteiger partial charge in [-0.1, -0.05) is 30.3 Å². The molecule has 0 aromatic heterocycles. The normalized spacial score (nSPS) is 24.2. The summed E-state index contributed by atoms with van der Waals surface area (Å²) in [5.74, 6) is -1.26. The third kappa shape index (κ3) is 4.62. The van der Waals surface area contributed by atoms with Gasteiger partial charge in [0.25, 0.3) is 5.91 Å². The first-order valence-corrected chi connectivity index (χ1v) is 11.1. The monoisotopic (exact) mass is 451 g/mol. The molecule has 0 radical (unpaired) electrons. The first kappa shape index (κ1) is 19.3. The van der Waals surface area contributed by atoms with Crippen LogP contribution < -0.4 is 10.1 Å². The van der Waals surface area contributed by atoms with E-state index in [1.54, 1.807) is 0 Å². The van der Waals surface area contributed by atoms with E-state index in [0.717, 1.165) is 38.4 Å². The van der Waals surface area contributed by atoms with Crippen LogP contribution in [0.1, 0.15) is 42.6 Å². The third-order valence-electron chi connectivity index (χ3n) is 6.19. The lowest BCUT2D eigenvalue weighted by Crippen LogP contribution is -2.52. The van der Waals surface area contributed by atoms with Crippen molar-refractivity contribution in [3.63, 3.8) is 0 Å². The van der Waals surface area contributed by atoms with E-state index in [2.05, 4.69) is 10.2 Å². The van der Waals surface area contributed by atoms with Gasteiger partial charge in [0.15, 0.2) is 0 Å². The summed E-state index contributed by atoms with van der Waals surface area (Å²) in [7, 11) is 0. The predicted molar refractivity (Wildman–Crippen MR) is 119 cm³/mol. The van der Waals surface area contributed by atoms with Crippen LogP contribution in [0.3, 0.4) is 0 Å². The smallest absolute Gasteiger partial charge is 0.255 e. The lowest BCUT2D eigenvalue weighted by atomic mass is 10.0. The number of fused-ring (bicyclic) bond motifs is 1. The van der Waals surface area contributed by atoms with Gasteiger partial charge in [0, 0.05) is 37.2 Å². The Labute approximate surface area is 195 Å². The largest absolute Gasteiger partial charge is 0.489 e. The summed E-state index contributed by atoms with van der Waals surface area (Å²) in [6.45, 7) is 3.17. The molecule has 0 spiro atoms. The number of morpholine rings is 1. The molecular formula is C25H27N3O5. The Morgan fingerprint density at radius 1 is 1.12 bits per heavy atom. The highest BCUT2D eigenvalue weighted by atomic mass is 16.5. The highest BCUT2D eigenvalue weighted by Crippen LogP contribution is 2.34. The number of benzene rings is 2. The lowest BCUT2D eigenvalue weighted by Gasteiger charge is -2.29. The van der Waals surface area contributed by atoms with Gasteiger partial charge in [0.2, 0.25) is 11.8 Å². The summed E-state index contributed by atoms with van der Waals surface area (Å²) >= 11 is 0. The van der Waals surface area contributed by atoms with E-state index < -0.39 is 24.4 Å². The van der Waals surface area contributed by atoms with Crippen molar-refractivity contribution in [2.24, 2.45) is 0 Å². The molecule has 2 saturated heterocycles. The molecule has 2 atom stereocenters. The van der Waals surface area contributed by atoms with E-state index in [9.17, 15) is 14.4 Å². The molecule has 33 heavy (non-hydrogen) atoms. The van der Waals surface area contributed by atoms with Gasteiger partial charge in [-0.3, -0.25) is 24.6 Å². The Kier molecular flexibility index (Phi) is 5.44. The fraction of sp³-hybridized carbons (Fsp3) is 0.400. The maximum absolute atomic E-state index is 13.1. The van der Waals surface area contributed by atoms with Crippen LogP contribution in [-0.2, 0) is 34.0 Å². The van der Waals surface area contributed by atoms with Gasteiger partial charge in [0.05, 0.1) is 22.5 Å². The number of amides is 3. The minimum atomic E-state index is -1.20. The maximum atomic E-state index is 13.1. The van der Waals surface area contributed by atoms with Crippen molar-refractivity contribution in [2.45, 2.75) is 38.6 Å². The quantitative estimate of drug-likeness (QED) is 0.675. The maximum Gasteiger partial charge on any atom is 0.255 e. The van der Waals surface area contributed by atoms with Crippen molar-refractivity contribution >= 4 is 17.7 Å². The SMILES string of the molecule is [2H]c1ccc2c(c1OCc1ccc(CN3CCOCC3)cc1)C([2H])N(C1CCC(=O)NC1=O)C2=O. The van der Waals surface area contributed by atoms with Crippen LogP contribution in [0.25, 0.3) is 0 Å². The lowest BCUT2D eigenvalue weighted by molar-refractivity contribution is -0.136. The topological polar surface area (TPSA) is 88.2 Å². The van der Waals surface area contributed by atoms with E-state index in [0.29, 0.717) is 0 Å². The average molecular weight is 452 g/mol. The molecule has 3 heterocycles. The molecule has 8 heteroatoms. The van der Waals surface area contributed by atoms with Gasteiger partial charge >= 0.3 is 0 Å². The predicted octanol–water partition coefficient (Wildman–Crippen LogP) is 1.86. The minimum Gasteiger partial charge on any atom is -0.489 e. The van der Waals surface area contributed by atoms with Gasteiger partial charge in [-0.05, 0) is 29.7 Å². The zero-order valence-electron chi connectivity index (χ0n) is 20.2. The van der Waals surface area contributed by atoms with Crippen molar-refractivity contribution < 1.29 is 26.6 Å². The van der Waals surface area contributed by atoms with Crippen molar-refractivity contribution in [2.75, 3.05) is 26.3 Å². The van der Waals surface area contributed by atoms with Crippen molar-refractivity contribution in [1.29, 1.82) is 0 Å². The molecule has 2 unspecified atom stereocenters. The zero-order valence-corrected chi connectivity index (χ0v) is 18.2. The number of nitrogens with zero attached hydrogens (tertiary/aromatic N) is 2. The highest BCUT2D eigenvalue weighted by molar-refractivity contribution is 6.05. The summed E-state index contributed by atoms with van der Waals surface area (Å²) in [5, 5.41) is 2.24. The molecule has 3 aliphatic heterocycles. The van der Waals surface area contributed by atoms with Crippen molar-refractivity contribution in [3.8, 4) is 5.75 Å². The summed E-state index contributed by atoms with van der Waals surface area (Å²) in [5.41, 5.74) is 2.63.